The number of nitrogens with zero attached hydrogens (tertiary/aromatic N) is 1. The van der Waals surface area contributed by atoms with E-state index in [0.29, 0.717) is 161 Å². The van der Waals surface area contributed by atoms with Crippen molar-refractivity contribution in [2.45, 2.75) is 377 Å². The second-order valence-corrected chi connectivity index (χ2v) is 33.6. The van der Waals surface area contributed by atoms with E-state index < -0.39 is 123 Å². The summed E-state index contributed by atoms with van der Waals surface area (Å²) in [5.74, 6) is -1.56. The molecule has 0 spiro atoms. The number of unbranched alkanes of at least 4 members (excludes halogenated alkanes) is 14. The number of rotatable bonds is 66. The molecule has 113 heavy (non-hydrogen) atoms. The number of carbonyl (C=O) groups is 8. The van der Waals surface area contributed by atoms with Crippen LogP contribution in [0.1, 0.15) is 286 Å². The zero-order valence-corrected chi connectivity index (χ0v) is 69.2. The number of likely N-dealkylation sites (tertiary alicyclic amines) is 1. The van der Waals surface area contributed by atoms with Crippen molar-refractivity contribution in [3.8, 4) is 0 Å². The molecule has 0 saturated carbocycles. The summed E-state index contributed by atoms with van der Waals surface area (Å²) in [7, 11) is 0. The molecule has 0 aromatic carbocycles. The van der Waals surface area contributed by atoms with Gasteiger partial charge in [-0.3, -0.25) is 38.4 Å². The molecule has 4 fully saturated rings. The van der Waals surface area contributed by atoms with E-state index in [-0.39, 0.29) is 162 Å². The van der Waals surface area contributed by atoms with Crippen LogP contribution >= 0.6 is 0 Å². The van der Waals surface area contributed by atoms with E-state index >= 15 is 0 Å². The standard InChI is InChI=1S/C84H148N2O27/c1-58-74(99)77(102)69(52-87)111-80(58)108-44-25-22-34-62(90)28-14-11-17-31-65(93)40-47-105-55-84(85-72(97)37-20-9-7-8-10-21-38-73(98)86-51-68(96)50-61(86)39-43-83(4,5)6,56-106-48-41-66(94)32-18-12-15-29-63(91)35-23-26-45-109-81-59(2)75(100)78(103)70(53-88)112-81)57-107-49-42-67(95)33-19-13-16-30-64(92)36-24-27-46-110-82-60(3)76(101)79(104)71(54-89)113-82/h58-61,68-71,74-82,87-89,96,99-104H,7-57H2,1-6H3,(H,85,97)/t58?,59?,60?,61-,68-,69?,70?,71?,74?,75?,76?,77?,78?,79?,80?,81?,82?,84?/m1/s1. The van der Waals surface area contributed by atoms with E-state index in [4.69, 9.17) is 42.6 Å². The van der Waals surface area contributed by atoms with Gasteiger partial charge in [-0.1, -0.05) is 86.5 Å². The van der Waals surface area contributed by atoms with Crippen molar-refractivity contribution in [3.05, 3.63) is 0 Å². The molecular formula is C84H148N2O27. The van der Waals surface area contributed by atoms with Gasteiger partial charge in [0.25, 0.3) is 0 Å². The first-order valence-electron chi connectivity index (χ1n) is 42.9. The molecule has 4 rings (SSSR count). The molecule has 4 aliphatic heterocycles. The molecule has 29 heteroatoms. The minimum atomic E-state index is -1.31. The third-order valence-corrected chi connectivity index (χ3v) is 22.3. The quantitative estimate of drug-likeness (QED) is 0.0272. The van der Waals surface area contributed by atoms with Crippen molar-refractivity contribution in [2.24, 2.45) is 23.2 Å². The highest BCUT2D eigenvalue weighted by atomic mass is 16.7. The maximum atomic E-state index is 14.1. The van der Waals surface area contributed by atoms with Crippen molar-refractivity contribution in [3.63, 3.8) is 0 Å². The normalized spacial score (nSPS) is 26.7. The van der Waals surface area contributed by atoms with Crippen LogP contribution in [-0.4, -0.2) is 280 Å². The zero-order valence-electron chi connectivity index (χ0n) is 69.2. The molecule has 656 valence electrons. The summed E-state index contributed by atoms with van der Waals surface area (Å²) in [5.41, 5.74) is -1.18. The van der Waals surface area contributed by atoms with Gasteiger partial charge in [0, 0.05) is 140 Å². The molecule has 4 saturated heterocycles. The van der Waals surface area contributed by atoms with Gasteiger partial charge in [0.05, 0.1) is 83.9 Å². The molecule has 15 unspecified atom stereocenters. The number of amides is 2. The Morgan fingerprint density at radius 3 is 0.973 bits per heavy atom. The monoisotopic (exact) mass is 1620 g/mol. The minimum absolute atomic E-state index is 0.0146. The van der Waals surface area contributed by atoms with E-state index in [1.54, 1.807) is 20.8 Å². The van der Waals surface area contributed by atoms with Crippen molar-refractivity contribution in [1.29, 1.82) is 0 Å². The lowest BCUT2D eigenvalue weighted by molar-refractivity contribution is -0.282. The molecule has 0 aromatic rings. The first kappa shape index (κ1) is 102. The molecule has 0 radical (unpaired) electrons. The van der Waals surface area contributed by atoms with Crippen LogP contribution in [0.25, 0.3) is 0 Å². The molecule has 0 aromatic heterocycles. The van der Waals surface area contributed by atoms with Crippen LogP contribution in [0.4, 0.5) is 0 Å². The number of aliphatic hydroxyl groups is 10. The Morgan fingerprint density at radius 1 is 0.372 bits per heavy atom. The van der Waals surface area contributed by atoms with E-state index in [0.717, 1.165) is 44.9 Å². The molecule has 4 heterocycles. The van der Waals surface area contributed by atoms with Crippen LogP contribution in [0, 0.1) is 23.2 Å². The minimum Gasteiger partial charge on any atom is -0.394 e. The third-order valence-electron chi connectivity index (χ3n) is 22.3. The smallest absolute Gasteiger partial charge is 0.222 e. The molecule has 11 N–H and O–H groups in total. The second-order valence-electron chi connectivity index (χ2n) is 33.6. The number of ketones is 6. The first-order chi connectivity index (χ1) is 54.0. The number of hydrogen-bond acceptors (Lipinski definition) is 27. The largest absolute Gasteiger partial charge is 0.394 e. The number of aliphatic hydroxyl groups excluding tert-OH is 10. The number of ether oxygens (including phenoxy) is 9. The van der Waals surface area contributed by atoms with Crippen LogP contribution in [-0.2, 0) is 81.0 Å². The molecule has 17 atom stereocenters. The van der Waals surface area contributed by atoms with Gasteiger partial charge in [0.15, 0.2) is 18.9 Å². The van der Waals surface area contributed by atoms with Crippen LogP contribution in [0.15, 0.2) is 0 Å². The third kappa shape index (κ3) is 41.2. The van der Waals surface area contributed by atoms with Gasteiger partial charge in [-0.15, -0.1) is 0 Å². The Morgan fingerprint density at radius 2 is 0.655 bits per heavy atom. The van der Waals surface area contributed by atoms with Crippen molar-refractivity contribution < 1.29 is 132 Å². The van der Waals surface area contributed by atoms with Crippen molar-refractivity contribution in [2.75, 3.05) is 85.8 Å². The van der Waals surface area contributed by atoms with Crippen molar-refractivity contribution >= 4 is 46.5 Å². The number of β-amino-alcohol motifs (C(OH)–C–C–N with tert-alkyl or cyclic N) is 1. The van der Waals surface area contributed by atoms with Gasteiger partial charge in [-0.25, -0.2) is 0 Å². The number of Topliss-reactive ketones (excluding diaryl/α,β-unsaturated/α-hetero) is 6. The van der Waals surface area contributed by atoms with Crippen LogP contribution in [0.2, 0.25) is 0 Å². The molecule has 29 nitrogen and oxygen atoms in total. The number of carbonyl (C=O) groups excluding carboxylic acids is 8. The Kier molecular flexibility index (Phi) is 51.6. The predicted octanol–water partition coefficient (Wildman–Crippen LogP) is 7.02. The lowest BCUT2D eigenvalue weighted by atomic mass is 9.88. The van der Waals surface area contributed by atoms with Crippen LogP contribution < -0.4 is 5.32 Å². The lowest BCUT2D eigenvalue weighted by Crippen LogP contribution is -2.58. The predicted molar refractivity (Wildman–Crippen MR) is 418 cm³/mol. The fourth-order valence-corrected chi connectivity index (χ4v) is 14.8. The fourth-order valence-electron chi connectivity index (χ4n) is 14.8. The summed E-state index contributed by atoms with van der Waals surface area (Å²) in [5, 5.41) is 103. The van der Waals surface area contributed by atoms with Crippen LogP contribution in [0.3, 0.4) is 0 Å². The van der Waals surface area contributed by atoms with Gasteiger partial charge in [-0.05, 0) is 115 Å². The first-order valence-corrected chi connectivity index (χ1v) is 42.9. The van der Waals surface area contributed by atoms with E-state index in [2.05, 4.69) is 26.1 Å². The van der Waals surface area contributed by atoms with E-state index in [1.807, 2.05) is 4.90 Å². The molecule has 4 aliphatic rings. The van der Waals surface area contributed by atoms with Crippen LogP contribution in [0.5, 0.6) is 0 Å². The summed E-state index contributed by atoms with van der Waals surface area (Å²) in [4.78, 5) is 107. The Hall–Kier alpha value is -3.80. The summed E-state index contributed by atoms with van der Waals surface area (Å²) in [6, 6.07) is 0.0519. The fraction of sp³-hybridized carbons (Fsp3) is 0.905. The summed E-state index contributed by atoms with van der Waals surface area (Å²) >= 11 is 0. The van der Waals surface area contributed by atoms with Gasteiger partial charge in [0.2, 0.25) is 11.8 Å². The maximum absolute atomic E-state index is 14.1. The highest BCUT2D eigenvalue weighted by Crippen LogP contribution is 2.32. The van der Waals surface area contributed by atoms with E-state index in [9.17, 15) is 89.4 Å². The molecule has 0 bridgehead atoms. The Labute approximate surface area is 672 Å². The van der Waals surface area contributed by atoms with Gasteiger partial charge < -0.3 is 104 Å². The lowest BCUT2D eigenvalue weighted by Gasteiger charge is -2.40. The highest BCUT2D eigenvalue weighted by Gasteiger charge is 2.45. The molecule has 0 aliphatic carbocycles. The topological polar surface area (TPSA) is 437 Å². The number of nitrogens with one attached hydrogen (secondary N) is 1. The van der Waals surface area contributed by atoms with E-state index in [1.165, 1.54) is 0 Å². The molecule has 2 amide bonds. The summed E-state index contributed by atoms with van der Waals surface area (Å²) in [6.07, 6.45) is 7.24. The van der Waals surface area contributed by atoms with Gasteiger partial charge in [0.1, 0.15) is 76.9 Å². The second kappa shape index (κ2) is 57.4. The zero-order chi connectivity index (χ0) is 83.1. The highest BCUT2D eigenvalue weighted by molar-refractivity contribution is 5.81. The Balaban J connectivity index is 1.28. The average molecular weight is 1620 g/mol. The summed E-state index contributed by atoms with van der Waals surface area (Å²) < 4.78 is 52.8. The van der Waals surface area contributed by atoms with Gasteiger partial charge >= 0.3 is 0 Å². The Bertz CT molecular complexity index is 2450. The van der Waals surface area contributed by atoms with Gasteiger partial charge in [-0.2, -0.15) is 0 Å². The maximum Gasteiger partial charge on any atom is 0.222 e. The SMILES string of the molecule is CC1C(OCCCCC(=O)CCCCCC(=O)CCOCC(COCCC(=O)CCCCCC(=O)CCCCOC2OC(CO)C(O)C(O)C2C)(COCCC(=O)CCCCCC(=O)CCCCOC2OC(CO)C(O)C(O)C2C)NC(=O)CCCCCCCCC(=O)N2C[C@H](O)C[C@H]2CCC(C)(C)C)OC(CO)C(O)C1O. The molecular weight excluding hydrogens is 1470 g/mol. The summed E-state index contributed by atoms with van der Waals surface area (Å²) in [6.45, 7) is 11.1. The van der Waals surface area contributed by atoms with Crippen molar-refractivity contribution in [1.82, 2.24) is 10.2 Å². The number of hydrogen-bond donors (Lipinski definition) is 11. The average Bonchev–Trinajstić information content (AvgIpc) is 1.53.